The number of methoxy groups -OCH3 is 1. The Hall–Kier alpha value is -4.04. The quantitative estimate of drug-likeness (QED) is 0.272. The molecule has 166 valence electrons. The summed E-state index contributed by atoms with van der Waals surface area (Å²) >= 11 is 5.25. The van der Waals surface area contributed by atoms with Crippen LogP contribution in [-0.2, 0) is 14.3 Å². The number of carbonyl (C=O) groups excluding carboxylic acids is 3. The van der Waals surface area contributed by atoms with Crippen molar-refractivity contribution in [2.24, 2.45) is 0 Å². The van der Waals surface area contributed by atoms with Crippen molar-refractivity contribution in [3.05, 3.63) is 82.6 Å². The molecule has 0 bridgehead atoms. The van der Waals surface area contributed by atoms with E-state index in [1.54, 1.807) is 42.5 Å². The van der Waals surface area contributed by atoms with E-state index in [-0.39, 0.29) is 10.7 Å². The monoisotopic (exact) mass is 460 g/mol. The summed E-state index contributed by atoms with van der Waals surface area (Å²) in [5.41, 5.74) is 3.37. The Balaban J connectivity index is 1.66. The first kappa shape index (κ1) is 22.2. The van der Waals surface area contributed by atoms with Crippen LogP contribution in [0.1, 0.15) is 27.2 Å². The van der Waals surface area contributed by atoms with Crippen LogP contribution < -0.4 is 10.2 Å². The molecular weight excluding hydrogens is 440 g/mol. The average Bonchev–Trinajstić information content (AvgIpc) is 3.25. The standard InChI is InChI=1S/C25H20N2O5S/c1-14-6-4-5-7-20(14)27-23(29)19(22(28)26-25(27)33)13-17-9-11-21(32-17)18-10-8-16(12-15(18)2)24(30)31-3/h4-13H,1-3H3,(H,26,28,33)/b19-13+. The topological polar surface area (TPSA) is 88.9 Å². The number of hydrogen-bond acceptors (Lipinski definition) is 6. The summed E-state index contributed by atoms with van der Waals surface area (Å²) in [7, 11) is 1.33. The van der Waals surface area contributed by atoms with E-state index in [1.807, 2.05) is 26.0 Å². The zero-order valence-corrected chi connectivity index (χ0v) is 19.0. The predicted octanol–water partition coefficient (Wildman–Crippen LogP) is 4.18. The third-order valence-electron chi connectivity index (χ3n) is 5.28. The summed E-state index contributed by atoms with van der Waals surface area (Å²) in [6.45, 7) is 3.71. The first-order chi connectivity index (χ1) is 15.8. The highest BCUT2D eigenvalue weighted by molar-refractivity contribution is 7.80. The van der Waals surface area contributed by atoms with Gasteiger partial charge in [-0.3, -0.25) is 19.8 Å². The summed E-state index contributed by atoms with van der Waals surface area (Å²) in [6.07, 6.45) is 1.40. The minimum atomic E-state index is -0.591. The van der Waals surface area contributed by atoms with Gasteiger partial charge in [-0.1, -0.05) is 24.3 Å². The molecule has 0 radical (unpaired) electrons. The number of hydrogen-bond donors (Lipinski definition) is 1. The predicted molar refractivity (Wildman–Crippen MR) is 128 cm³/mol. The van der Waals surface area contributed by atoms with Crippen molar-refractivity contribution in [2.75, 3.05) is 12.0 Å². The number of para-hydroxylation sites is 1. The third kappa shape index (κ3) is 4.20. The van der Waals surface area contributed by atoms with Crippen molar-refractivity contribution in [2.45, 2.75) is 13.8 Å². The Morgan fingerprint density at radius 1 is 1.06 bits per heavy atom. The van der Waals surface area contributed by atoms with Crippen molar-refractivity contribution in [1.82, 2.24) is 5.32 Å². The van der Waals surface area contributed by atoms with Gasteiger partial charge in [0.2, 0.25) is 0 Å². The number of furan rings is 1. The maximum atomic E-state index is 13.2. The molecule has 2 aromatic carbocycles. The molecule has 8 heteroatoms. The average molecular weight is 461 g/mol. The van der Waals surface area contributed by atoms with Crippen LogP contribution in [0.2, 0.25) is 0 Å². The normalized spacial score (nSPS) is 15.1. The summed E-state index contributed by atoms with van der Waals surface area (Å²) in [6, 6.07) is 15.8. The summed E-state index contributed by atoms with van der Waals surface area (Å²) in [4.78, 5) is 38.8. The van der Waals surface area contributed by atoms with Crippen LogP contribution in [-0.4, -0.2) is 30.0 Å². The molecule has 4 rings (SSSR count). The highest BCUT2D eigenvalue weighted by atomic mass is 32.1. The Kier molecular flexibility index (Phi) is 5.93. The van der Waals surface area contributed by atoms with Gasteiger partial charge < -0.3 is 9.15 Å². The largest absolute Gasteiger partial charge is 0.465 e. The number of thiocarbonyl (C=S) groups is 1. The third-order valence-corrected chi connectivity index (χ3v) is 5.57. The Labute approximate surface area is 195 Å². The molecule has 7 nitrogen and oxygen atoms in total. The maximum absolute atomic E-state index is 13.2. The van der Waals surface area contributed by atoms with E-state index in [9.17, 15) is 14.4 Å². The number of amides is 2. The van der Waals surface area contributed by atoms with Crippen LogP contribution in [0.15, 0.2) is 64.6 Å². The molecule has 1 aliphatic rings. The number of carbonyl (C=O) groups is 3. The molecule has 1 saturated heterocycles. The smallest absolute Gasteiger partial charge is 0.337 e. The molecule has 2 amide bonds. The zero-order valence-electron chi connectivity index (χ0n) is 18.2. The van der Waals surface area contributed by atoms with Gasteiger partial charge in [0, 0.05) is 5.56 Å². The van der Waals surface area contributed by atoms with Gasteiger partial charge in [-0.05, 0) is 73.6 Å². The number of rotatable bonds is 4. The van der Waals surface area contributed by atoms with Gasteiger partial charge in [-0.15, -0.1) is 0 Å². The molecule has 33 heavy (non-hydrogen) atoms. The van der Waals surface area contributed by atoms with Crippen LogP contribution in [0.5, 0.6) is 0 Å². The minimum Gasteiger partial charge on any atom is -0.465 e. The molecule has 3 aromatic rings. The Bertz CT molecular complexity index is 1340. The molecule has 0 saturated carbocycles. The number of nitrogens with one attached hydrogen (secondary N) is 1. The number of ether oxygens (including phenoxy) is 1. The van der Waals surface area contributed by atoms with E-state index in [0.29, 0.717) is 22.8 Å². The van der Waals surface area contributed by atoms with Gasteiger partial charge in [0.15, 0.2) is 5.11 Å². The SMILES string of the molecule is COC(=O)c1ccc(-c2ccc(/C=C3\C(=O)NC(=S)N(c4ccccc4C)C3=O)o2)c(C)c1. The summed E-state index contributed by atoms with van der Waals surface area (Å²) in [5, 5.41) is 2.60. The van der Waals surface area contributed by atoms with E-state index in [1.165, 1.54) is 18.1 Å². The fourth-order valence-corrected chi connectivity index (χ4v) is 3.87. The lowest BCUT2D eigenvalue weighted by Crippen LogP contribution is -2.54. The molecule has 1 aromatic heterocycles. The molecule has 2 heterocycles. The van der Waals surface area contributed by atoms with E-state index in [0.717, 1.165) is 16.7 Å². The van der Waals surface area contributed by atoms with Crippen LogP contribution in [0.3, 0.4) is 0 Å². The lowest BCUT2D eigenvalue weighted by Gasteiger charge is -2.29. The van der Waals surface area contributed by atoms with Gasteiger partial charge >= 0.3 is 5.97 Å². The molecule has 0 atom stereocenters. The number of esters is 1. The lowest BCUT2D eigenvalue weighted by atomic mass is 10.0. The van der Waals surface area contributed by atoms with E-state index in [4.69, 9.17) is 21.4 Å². The molecule has 1 N–H and O–H groups in total. The van der Waals surface area contributed by atoms with Gasteiger partial charge in [0.25, 0.3) is 11.8 Å². The van der Waals surface area contributed by atoms with Crippen LogP contribution in [0.4, 0.5) is 5.69 Å². The van der Waals surface area contributed by atoms with Crippen LogP contribution in [0, 0.1) is 13.8 Å². The summed E-state index contributed by atoms with van der Waals surface area (Å²) < 4.78 is 10.6. The highest BCUT2D eigenvalue weighted by Gasteiger charge is 2.35. The molecular formula is C25H20N2O5S. The Morgan fingerprint density at radius 3 is 2.52 bits per heavy atom. The molecule has 0 unspecified atom stereocenters. The van der Waals surface area contributed by atoms with Crippen molar-refractivity contribution >= 4 is 46.9 Å². The van der Waals surface area contributed by atoms with Crippen molar-refractivity contribution in [1.29, 1.82) is 0 Å². The fraction of sp³-hybridized carbons (Fsp3) is 0.120. The van der Waals surface area contributed by atoms with E-state index < -0.39 is 17.8 Å². The molecule has 1 fully saturated rings. The van der Waals surface area contributed by atoms with Crippen molar-refractivity contribution in [3.8, 4) is 11.3 Å². The first-order valence-corrected chi connectivity index (χ1v) is 10.5. The van der Waals surface area contributed by atoms with Crippen LogP contribution in [0.25, 0.3) is 17.4 Å². The molecule has 0 spiro atoms. The van der Waals surface area contributed by atoms with E-state index in [2.05, 4.69) is 5.32 Å². The first-order valence-electron chi connectivity index (χ1n) is 10.1. The fourth-order valence-electron chi connectivity index (χ4n) is 3.59. The van der Waals surface area contributed by atoms with E-state index >= 15 is 0 Å². The highest BCUT2D eigenvalue weighted by Crippen LogP contribution is 2.29. The number of anilines is 1. The molecule has 1 aliphatic heterocycles. The van der Waals surface area contributed by atoms with Gasteiger partial charge in [-0.2, -0.15) is 0 Å². The summed E-state index contributed by atoms with van der Waals surface area (Å²) in [5.74, 6) is -0.684. The van der Waals surface area contributed by atoms with Crippen LogP contribution >= 0.6 is 12.2 Å². The Morgan fingerprint density at radius 2 is 1.82 bits per heavy atom. The van der Waals surface area contributed by atoms with Crippen molar-refractivity contribution in [3.63, 3.8) is 0 Å². The lowest BCUT2D eigenvalue weighted by molar-refractivity contribution is -0.122. The molecule has 0 aliphatic carbocycles. The number of nitrogens with zero attached hydrogens (tertiary/aromatic N) is 1. The maximum Gasteiger partial charge on any atom is 0.337 e. The number of benzene rings is 2. The van der Waals surface area contributed by atoms with Gasteiger partial charge in [-0.25, -0.2) is 4.79 Å². The van der Waals surface area contributed by atoms with Gasteiger partial charge in [0.05, 0.1) is 18.4 Å². The second kappa shape index (κ2) is 8.84. The number of aryl methyl sites for hydroxylation is 2. The second-order valence-electron chi connectivity index (χ2n) is 7.47. The minimum absolute atomic E-state index is 0.0258. The van der Waals surface area contributed by atoms with Gasteiger partial charge in [0.1, 0.15) is 17.1 Å². The second-order valence-corrected chi connectivity index (χ2v) is 7.85. The van der Waals surface area contributed by atoms with Crippen molar-refractivity contribution < 1.29 is 23.5 Å². The zero-order chi connectivity index (χ0) is 23.7.